The van der Waals surface area contributed by atoms with E-state index in [1.54, 1.807) is 0 Å². The third-order valence-corrected chi connectivity index (χ3v) is 0.832. The van der Waals surface area contributed by atoms with Crippen LogP contribution in [0.2, 0.25) is 0 Å². The van der Waals surface area contributed by atoms with E-state index < -0.39 is 0 Å². The molecule has 2 nitrogen and oxygen atoms in total. The Morgan fingerprint density at radius 2 is 1.80 bits per heavy atom. The van der Waals surface area contributed by atoms with Crippen LogP contribution < -0.4 is 5.84 Å². The van der Waals surface area contributed by atoms with Gasteiger partial charge in [-0.15, -0.1) is 0 Å². The lowest BCUT2D eigenvalue weighted by atomic mass is 10.3. The van der Waals surface area contributed by atoms with Gasteiger partial charge in [-0.3, -0.25) is 0 Å². The lowest BCUT2D eigenvalue weighted by Gasteiger charge is -2.20. The SMILES string of the molecule is [N]N1CCC1. The first-order valence-electron chi connectivity index (χ1n) is 1.83. The molecule has 5 heavy (non-hydrogen) atoms. The van der Waals surface area contributed by atoms with Crippen molar-refractivity contribution >= 4 is 0 Å². The normalized spacial score (nSPS) is 25.8. The van der Waals surface area contributed by atoms with Crippen molar-refractivity contribution in [2.45, 2.75) is 6.42 Å². The van der Waals surface area contributed by atoms with Crippen molar-refractivity contribution in [2.75, 3.05) is 13.1 Å². The fraction of sp³-hybridized carbons (Fsp3) is 1.00. The quantitative estimate of drug-likeness (QED) is 0.383. The molecule has 0 saturated carbocycles. The lowest BCUT2D eigenvalue weighted by molar-refractivity contribution is 0.171. The predicted octanol–water partition coefficient (Wildman–Crippen LogP) is -0.324. The number of hydrogen-bond acceptors (Lipinski definition) is 1. The van der Waals surface area contributed by atoms with E-state index in [4.69, 9.17) is 5.84 Å². The molecule has 28 valence electrons. The Labute approximate surface area is 31.5 Å². The molecule has 1 aliphatic rings. The molecule has 0 amide bonds. The van der Waals surface area contributed by atoms with Gasteiger partial charge in [-0.1, -0.05) is 0 Å². The summed E-state index contributed by atoms with van der Waals surface area (Å²) in [6, 6.07) is 0. The van der Waals surface area contributed by atoms with Crippen molar-refractivity contribution in [3.63, 3.8) is 0 Å². The molecule has 2 radical (unpaired) electrons. The fourth-order valence-electron chi connectivity index (χ4n) is 0.300. The van der Waals surface area contributed by atoms with E-state index in [0.717, 1.165) is 19.5 Å². The van der Waals surface area contributed by atoms with Gasteiger partial charge >= 0.3 is 0 Å². The van der Waals surface area contributed by atoms with E-state index >= 15 is 0 Å². The molecule has 1 aliphatic heterocycles. The van der Waals surface area contributed by atoms with E-state index in [0.29, 0.717) is 0 Å². The molecule has 1 fully saturated rings. The maximum absolute atomic E-state index is 8.28. The van der Waals surface area contributed by atoms with E-state index in [2.05, 4.69) is 0 Å². The molecule has 0 spiro atoms. The topological polar surface area (TPSA) is 25.5 Å². The van der Waals surface area contributed by atoms with Crippen molar-refractivity contribution in [1.29, 1.82) is 0 Å². The zero-order valence-electron chi connectivity index (χ0n) is 3.02. The summed E-state index contributed by atoms with van der Waals surface area (Å²) >= 11 is 0. The molecular formula is C3H6N2. The number of rotatable bonds is 0. The molecule has 0 bridgehead atoms. The second-order valence-corrected chi connectivity index (χ2v) is 1.31. The van der Waals surface area contributed by atoms with Crippen LogP contribution in [0.15, 0.2) is 0 Å². The minimum absolute atomic E-state index is 0.875. The Kier molecular flexibility index (Phi) is 0.596. The molecule has 1 heterocycles. The highest BCUT2D eigenvalue weighted by atomic mass is 15.4. The summed E-state index contributed by atoms with van der Waals surface area (Å²) in [7, 11) is 0. The molecule has 2 heteroatoms. The van der Waals surface area contributed by atoms with Gasteiger partial charge in [0.15, 0.2) is 0 Å². The minimum Gasteiger partial charge on any atom is -0.208 e. The third kappa shape index (κ3) is 0.412. The Balaban J connectivity index is 2.08. The Morgan fingerprint density at radius 3 is 1.80 bits per heavy atom. The molecule has 1 rings (SSSR count). The van der Waals surface area contributed by atoms with Crippen LogP contribution in [0, 0.1) is 0 Å². The summed E-state index contributed by atoms with van der Waals surface area (Å²) in [6.45, 7) is 1.75. The first kappa shape index (κ1) is 3.12. The molecule has 0 atom stereocenters. The summed E-state index contributed by atoms with van der Waals surface area (Å²) in [5.74, 6) is 8.28. The highest BCUT2D eigenvalue weighted by molar-refractivity contribution is 4.58. The zero-order chi connectivity index (χ0) is 3.70. The Bertz CT molecular complexity index is 31.9. The van der Waals surface area contributed by atoms with Crippen molar-refractivity contribution in [3.8, 4) is 0 Å². The van der Waals surface area contributed by atoms with Crippen LogP contribution in [0.3, 0.4) is 0 Å². The van der Waals surface area contributed by atoms with Gasteiger partial charge in [-0.05, 0) is 12.3 Å². The molecule has 0 N–H and O–H groups in total. The summed E-state index contributed by atoms with van der Waals surface area (Å²) in [6.07, 6.45) is 1.16. The van der Waals surface area contributed by atoms with E-state index in [1.165, 1.54) is 5.01 Å². The van der Waals surface area contributed by atoms with E-state index in [-0.39, 0.29) is 0 Å². The van der Waals surface area contributed by atoms with Gasteiger partial charge < -0.3 is 0 Å². The Hall–Kier alpha value is -0.0800. The Morgan fingerprint density at radius 1 is 1.40 bits per heavy atom. The molecule has 1 saturated heterocycles. The molecule has 0 aromatic rings. The summed E-state index contributed by atoms with van der Waals surface area (Å²) in [4.78, 5) is 0. The van der Waals surface area contributed by atoms with Crippen LogP contribution in [0.1, 0.15) is 6.42 Å². The third-order valence-electron chi connectivity index (χ3n) is 0.832. The van der Waals surface area contributed by atoms with Gasteiger partial charge in [0.25, 0.3) is 0 Å². The summed E-state index contributed by atoms with van der Waals surface area (Å²) in [5.41, 5.74) is 0. The number of nitrogens with zero attached hydrogens (tertiary/aromatic N) is 2. The first-order valence-corrected chi connectivity index (χ1v) is 1.83. The van der Waals surface area contributed by atoms with Crippen molar-refractivity contribution in [3.05, 3.63) is 0 Å². The molecule has 0 aliphatic carbocycles. The largest absolute Gasteiger partial charge is 0.208 e. The van der Waals surface area contributed by atoms with Crippen molar-refractivity contribution < 1.29 is 0 Å². The van der Waals surface area contributed by atoms with Gasteiger partial charge in [-0.25, -0.2) is 5.01 Å². The number of hydrogen-bond donors (Lipinski definition) is 0. The maximum Gasteiger partial charge on any atom is 0.0175 e. The zero-order valence-corrected chi connectivity index (χ0v) is 3.02. The second kappa shape index (κ2) is 0.954. The van der Waals surface area contributed by atoms with Gasteiger partial charge in [-0.2, -0.15) is 0 Å². The average molecular weight is 70.1 g/mol. The van der Waals surface area contributed by atoms with Crippen LogP contribution >= 0.6 is 0 Å². The minimum atomic E-state index is 0.875. The monoisotopic (exact) mass is 70.1 g/mol. The van der Waals surface area contributed by atoms with Gasteiger partial charge in [0.1, 0.15) is 0 Å². The van der Waals surface area contributed by atoms with Gasteiger partial charge in [0.2, 0.25) is 0 Å². The van der Waals surface area contributed by atoms with Crippen molar-refractivity contribution in [2.24, 2.45) is 0 Å². The predicted molar refractivity (Wildman–Crippen MR) is 18.3 cm³/mol. The smallest absolute Gasteiger partial charge is 0.0175 e. The van der Waals surface area contributed by atoms with Gasteiger partial charge in [0, 0.05) is 13.1 Å². The van der Waals surface area contributed by atoms with E-state index in [1.807, 2.05) is 0 Å². The standard InChI is InChI=1S/C3H6N2/c4-5-2-1-3-5/h1-3H2. The average Bonchev–Trinajstić information content (AvgIpc) is 1.30. The summed E-state index contributed by atoms with van der Waals surface area (Å²) in [5, 5.41) is 1.31. The maximum atomic E-state index is 8.28. The van der Waals surface area contributed by atoms with Crippen LogP contribution in [0.25, 0.3) is 0 Å². The first-order chi connectivity index (χ1) is 2.39. The second-order valence-electron chi connectivity index (χ2n) is 1.31. The molecule has 0 aromatic heterocycles. The summed E-state index contributed by atoms with van der Waals surface area (Å²) < 4.78 is 0. The van der Waals surface area contributed by atoms with Crippen LogP contribution in [0.5, 0.6) is 0 Å². The molecule has 0 unspecified atom stereocenters. The van der Waals surface area contributed by atoms with Crippen LogP contribution in [-0.2, 0) is 0 Å². The lowest BCUT2D eigenvalue weighted by Crippen LogP contribution is -2.35. The molecular weight excluding hydrogens is 64.0 g/mol. The van der Waals surface area contributed by atoms with Gasteiger partial charge in [0.05, 0.1) is 0 Å². The fourth-order valence-corrected chi connectivity index (χ4v) is 0.300. The van der Waals surface area contributed by atoms with E-state index in [9.17, 15) is 0 Å². The molecule has 0 aromatic carbocycles. The highest BCUT2D eigenvalue weighted by Crippen LogP contribution is 1.97. The van der Waals surface area contributed by atoms with Crippen LogP contribution in [0.4, 0.5) is 0 Å². The highest BCUT2D eigenvalue weighted by Gasteiger charge is 2.08. The van der Waals surface area contributed by atoms with Crippen LogP contribution in [-0.4, -0.2) is 18.1 Å². The van der Waals surface area contributed by atoms with Crippen molar-refractivity contribution in [1.82, 2.24) is 10.9 Å².